The molecule has 0 atom stereocenters. The third-order valence-electron chi connectivity index (χ3n) is 1.62. The van der Waals surface area contributed by atoms with Crippen LogP contribution in [0, 0.1) is 0 Å². The number of hydrogen-bond donors (Lipinski definition) is 1. The molecule has 62 valence electrons. The van der Waals surface area contributed by atoms with Gasteiger partial charge in [-0.25, -0.2) is 4.63 Å². The first-order valence-corrected chi connectivity index (χ1v) is 3.56. The van der Waals surface area contributed by atoms with E-state index in [2.05, 4.69) is 25.1 Å². The van der Waals surface area contributed by atoms with Crippen LogP contribution in [0.1, 0.15) is 12.6 Å². The summed E-state index contributed by atoms with van der Waals surface area (Å²) in [6.07, 6.45) is 0.734. The maximum absolute atomic E-state index is 5.49. The quantitative estimate of drug-likeness (QED) is 0.647. The van der Waals surface area contributed by atoms with Crippen molar-refractivity contribution in [3.63, 3.8) is 0 Å². The molecule has 0 aliphatic heterocycles. The highest BCUT2D eigenvalue weighted by molar-refractivity contribution is 5.84. The minimum atomic E-state index is 0.253. The molecule has 0 fully saturated rings. The molecule has 2 aromatic rings. The Labute approximate surface area is 67.7 Å². The molecule has 2 rings (SSSR count). The Bertz CT molecular complexity index is 409. The molecule has 6 heteroatoms. The first-order valence-electron chi connectivity index (χ1n) is 3.56. The summed E-state index contributed by atoms with van der Waals surface area (Å²) in [4.78, 5) is 0. The zero-order valence-corrected chi connectivity index (χ0v) is 6.48. The van der Waals surface area contributed by atoms with E-state index in [1.165, 1.54) is 0 Å². The van der Waals surface area contributed by atoms with Gasteiger partial charge in [0.25, 0.3) is 0 Å². The van der Waals surface area contributed by atoms with Crippen molar-refractivity contribution < 1.29 is 4.63 Å². The monoisotopic (exact) mass is 165 g/mol. The molecule has 0 saturated carbocycles. The Morgan fingerprint density at radius 2 is 2.00 bits per heavy atom. The molecular formula is C6H7N5O. The average molecular weight is 165 g/mol. The van der Waals surface area contributed by atoms with Crippen molar-refractivity contribution in [2.24, 2.45) is 0 Å². The molecule has 0 saturated heterocycles. The normalized spacial score (nSPS) is 10.8. The van der Waals surface area contributed by atoms with Crippen LogP contribution in [-0.2, 0) is 6.42 Å². The summed E-state index contributed by atoms with van der Waals surface area (Å²) in [5.74, 6) is 0.253. The van der Waals surface area contributed by atoms with Gasteiger partial charge in [0.1, 0.15) is 0 Å². The fourth-order valence-corrected chi connectivity index (χ4v) is 0.993. The van der Waals surface area contributed by atoms with Crippen molar-refractivity contribution in [2.75, 3.05) is 5.73 Å². The Hall–Kier alpha value is -1.72. The number of nitrogens with two attached hydrogens (primary N) is 1. The molecule has 0 amide bonds. The zero-order valence-electron chi connectivity index (χ0n) is 6.48. The second-order valence-electron chi connectivity index (χ2n) is 2.35. The number of hydrogen-bond acceptors (Lipinski definition) is 6. The molecule has 0 radical (unpaired) electrons. The maximum atomic E-state index is 5.49. The summed E-state index contributed by atoms with van der Waals surface area (Å²) in [6.45, 7) is 1.95. The lowest BCUT2D eigenvalue weighted by molar-refractivity contribution is 0.315. The fraction of sp³-hybridized carbons (Fsp3) is 0.333. The van der Waals surface area contributed by atoms with Crippen molar-refractivity contribution in [2.45, 2.75) is 13.3 Å². The lowest BCUT2D eigenvalue weighted by Gasteiger charge is -1.94. The van der Waals surface area contributed by atoms with Crippen LogP contribution in [0.25, 0.3) is 11.0 Å². The van der Waals surface area contributed by atoms with Crippen molar-refractivity contribution in [3.05, 3.63) is 5.69 Å². The van der Waals surface area contributed by atoms with Crippen LogP contribution in [0.15, 0.2) is 4.63 Å². The third kappa shape index (κ3) is 0.810. The number of nitrogen functional groups attached to an aromatic ring is 1. The summed E-state index contributed by atoms with van der Waals surface area (Å²) in [5.41, 5.74) is 7.33. The van der Waals surface area contributed by atoms with Gasteiger partial charge in [-0.05, 0) is 16.7 Å². The van der Waals surface area contributed by atoms with E-state index >= 15 is 0 Å². The number of anilines is 1. The summed E-state index contributed by atoms with van der Waals surface area (Å²) in [7, 11) is 0. The summed E-state index contributed by atoms with van der Waals surface area (Å²) in [5, 5.41) is 14.9. The van der Waals surface area contributed by atoms with E-state index < -0.39 is 0 Å². The highest BCUT2D eigenvalue weighted by Crippen LogP contribution is 2.16. The maximum Gasteiger partial charge on any atom is 0.181 e. The van der Waals surface area contributed by atoms with Crippen LogP contribution < -0.4 is 5.73 Å². The average Bonchev–Trinajstić information content (AvgIpc) is 2.54. The number of aryl methyl sites for hydroxylation is 1. The molecule has 0 aliphatic carbocycles. The molecule has 0 aromatic carbocycles. The lowest BCUT2D eigenvalue weighted by Crippen LogP contribution is -1.98. The van der Waals surface area contributed by atoms with Gasteiger partial charge in [-0.1, -0.05) is 6.92 Å². The van der Waals surface area contributed by atoms with Crippen molar-refractivity contribution in [1.29, 1.82) is 0 Å². The van der Waals surface area contributed by atoms with Crippen molar-refractivity contribution >= 4 is 16.9 Å². The molecule has 0 bridgehead atoms. The van der Waals surface area contributed by atoms with Gasteiger partial charge < -0.3 is 5.73 Å². The zero-order chi connectivity index (χ0) is 8.55. The van der Waals surface area contributed by atoms with E-state index in [0.717, 1.165) is 12.1 Å². The van der Waals surface area contributed by atoms with E-state index in [1.807, 2.05) is 6.92 Å². The molecule has 0 spiro atoms. The fourth-order valence-electron chi connectivity index (χ4n) is 0.993. The molecule has 6 nitrogen and oxygen atoms in total. The Morgan fingerprint density at radius 3 is 2.75 bits per heavy atom. The molecule has 2 heterocycles. The number of fused-ring (bicyclic) bond motifs is 1. The lowest BCUT2D eigenvalue weighted by atomic mass is 10.3. The van der Waals surface area contributed by atoms with Crippen LogP contribution in [-0.4, -0.2) is 20.5 Å². The van der Waals surface area contributed by atoms with Crippen molar-refractivity contribution in [3.8, 4) is 0 Å². The predicted octanol–water partition coefficient (Wildman–Crippen LogP) is 0.157. The molecule has 2 N–H and O–H groups in total. The van der Waals surface area contributed by atoms with E-state index in [0.29, 0.717) is 11.0 Å². The Morgan fingerprint density at radius 1 is 1.25 bits per heavy atom. The third-order valence-corrected chi connectivity index (χ3v) is 1.62. The van der Waals surface area contributed by atoms with Crippen molar-refractivity contribution in [1.82, 2.24) is 20.5 Å². The van der Waals surface area contributed by atoms with Gasteiger partial charge in [0.2, 0.25) is 0 Å². The predicted molar refractivity (Wildman–Crippen MR) is 41.2 cm³/mol. The SMILES string of the molecule is CCc1nnc(N)c2nonc12. The second kappa shape index (κ2) is 2.40. The minimum absolute atomic E-state index is 0.253. The van der Waals surface area contributed by atoms with Gasteiger partial charge in [-0.15, -0.1) is 5.10 Å². The van der Waals surface area contributed by atoms with Gasteiger partial charge in [0.15, 0.2) is 16.9 Å². The van der Waals surface area contributed by atoms with Gasteiger partial charge >= 0.3 is 0 Å². The Kier molecular flexibility index (Phi) is 1.39. The first-order chi connectivity index (χ1) is 5.83. The van der Waals surface area contributed by atoms with E-state index in [4.69, 9.17) is 5.73 Å². The van der Waals surface area contributed by atoms with Gasteiger partial charge in [-0.3, -0.25) is 0 Å². The second-order valence-corrected chi connectivity index (χ2v) is 2.35. The summed E-state index contributed by atoms with van der Waals surface area (Å²) < 4.78 is 4.53. The molecular weight excluding hydrogens is 158 g/mol. The van der Waals surface area contributed by atoms with Crippen LogP contribution in [0.5, 0.6) is 0 Å². The highest BCUT2D eigenvalue weighted by Gasteiger charge is 2.10. The minimum Gasteiger partial charge on any atom is -0.380 e. The van der Waals surface area contributed by atoms with Gasteiger partial charge in [0, 0.05) is 0 Å². The topological polar surface area (TPSA) is 90.7 Å². The van der Waals surface area contributed by atoms with E-state index in [9.17, 15) is 0 Å². The summed E-state index contributed by atoms with van der Waals surface area (Å²) >= 11 is 0. The molecule has 0 unspecified atom stereocenters. The largest absolute Gasteiger partial charge is 0.380 e. The number of aromatic nitrogens is 4. The molecule has 2 aromatic heterocycles. The van der Waals surface area contributed by atoms with E-state index in [1.54, 1.807) is 0 Å². The molecule has 12 heavy (non-hydrogen) atoms. The van der Waals surface area contributed by atoms with Gasteiger partial charge in [0.05, 0.1) is 5.69 Å². The van der Waals surface area contributed by atoms with E-state index in [-0.39, 0.29) is 5.82 Å². The van der Waals surface area contributed by atoms with Crippen LogP contribution >= 0.6 is 0 Å². The highest BCUT2D eigenvalue weighted by atomic mass is 16.6. The molecule has 0 aliphatic rings. The number of nitrogens with zero attached hydrogens (tertiary/aromatic N) is 4. The smallest absolute Gasteiger partial charge is 0.181 e. The Balaban J connectivity index is 2.82. The van der Waals surface area contributed by atoms with Crippen LogP contribution in [0.3, 0.4) is 0 Å². The van der Waals surface area contributed by atoms with Crippen LogP contribution in [0.2, 0.25) is 0 Å². The standard InChI is InChI=1S/C6H7N5O/c1-2-3-4-5(11-12-10-4)6(7)9-8-3/h2H2,1H3,(H2,7,9). The number of rotatable bonds is 1. The van der Waals surface area contributed by atoms with Crippen LogP contribution in [0.4, 0.5) is 5.82 Å². The first kappa shape index (κ1) is 6.96. The van der Waals surface area contributed by atoms with Gasteiger partial charge in [-0.2, -0.15) is 5.10 Å². The summed E-state index contributed by atoms with van der Waals surface area (Å²) in [6, 6.07) is 0.